The highest BCUT2D eigenvalue weighted by molar-refractivity contribution is 5.24. The zero-order valence-electron chi connectivity index (χ0n) is 15.7. The first-order chi connectivity index (χ1) is 12.8. The molecule has 0 aliphatic carbocycles. The van der Waals surface area contributed by atoms with Gasteiger partial charge in [0.25, 0.3) is 0 Å². The first-order valence-electron chi connectivity index (χ1n) is 10.1. The van der Waals surface area contributed by atoms with Gasteiger partial charge in [0.15, 0.2) is 0 Å². The van der Waals surface area contributed by atoms with Crippen LogP contribution < -0.4 is 5.73 Å². The minimum absolute atomic E-state index is 0.690. The predicted octanol–water partition coefficient (Wildman–Crippen LogP) is 3.28. The van der Waals surface area contributed by atoms with Gasteiger partial charge in [-0.15, -0.1) is 0 Å². The number of hydrogen-bond acceptors (Lipinski definition) is 3. The van der Waals surface area contributed by atoms with Crippen LogP contribution in [-0.2, 0) is 19.5 Å². The van der Waals surface area contributed by atoms with Gasteiger partial charge < -0.3 is 5.73 Å². The second-order valence-electron chi connectivity index (χ2n) is 8.06. The number of rotatable bonds is 6. The average Bonchev–Trinajstić information content (AvgIpc) is 2.94. The standard InChI is InChI=1S/C23H31N3/c24-12-11-19-7-4-8-21(13-19)16-26-17-22-9-10-23(26)18-25(15-22)14-20-5-2-1-3-6-20/h1-8,13,22-23H,9-12,14-18,24H2. The van der Waals surface area contributed by atoms with Crippen molar-refractivity contribution in [2.24, 2.45) is 11.7 Å². The molecule has 5 rings (SSSR count). The topological polar surface area (TPSA) is 32.5 Å². The Bertz CT molecular complexity index is 700. The van der Waals surface area contributed by atoms with Gasteiger partial charge in [-0.05, 0) is 48.4 Å². The molecule has 3 heterocycles. The molecule has 26 heavy (non-hydrogen) atoms. The highest BCUT2D eigenvalue weighted by Crippen LogP contribution is 2.30. The Morgan fingerprint density at radius 2 is 1.62 bits per heavy atom. The molecule has 2 aromatic carbocycles. The van der Waals surface area contributed by atoms with Gasteiger partial charge in [0.1, 0.15) is 0 Å². The summed E-state index contributed by atoms with van der Waals surface area (Å²) < 4.78 is 0. The Hall–Kier alpha value is -1.68. The van der Waals surface area contributed by atoms with E-state index < -0.39 is 0 Å². The van der Waals surface area contributed by atoms with E-state index in [9.17, 15) is 0 Å². The quantitative estimate of drug-likeness (QED) is 0.869. The van der Waals surface area contributed by atoms with Crippen LogP contribution in [0.3, 0.4) is 0 Å². The maximum absolute atomic E-state index is 5.73. The van der Waals surface area contributed by atoms with Gasteiger partial charge >= 0.3 is 0 Å². The highest BCUT2D eigenvalue weighted by atomic mass is 15.3. The van der Waals surface area contributed by atoms with E-state index in [0.29, 0.717) is 6.04 Å². The van der Waals surface area contributed by atoms with Crippen molar-refractivity contribution in [1.29, 1.82) is 0 Å². The maximum Gasteiger partial charge on any atom is 0.0237 e. The van der Waals surface area contributed by atoms with Crippen molar-refractivity contribution in [1.82, 2.24) is 9.80 Å². The zero-order valence-corrected chi connectivity index (χ0v) is 15.7. The van der Waals surface area contributed by atoms with Gasteiger partial charge in [-0.25, -0.2) is 0 Å². The van der Waals surface area contributed by atoms with Crippen LogP contribution in [0, 0.1) is 5.92 Å². The molecule has 0 radical (unpaired) electrons. The summed E-state index contributed by atoms with van der Waals surface area (Å²) in [5.74, 6) is 0.810. The molecular weight excluding hydrogens is 318 g/mol. The van der Waals surface area contributed by atoms with Crippen molar-refractivity contribution >= 4 is 0 Å². The van der Waals surface area contributed by atoms with Gasteiger partial charge in [-0.2, -0.15) is 0 Å². The maximum atomic E-state index is 5.73. The fourth-order valence-electron chi connectivity index (χ4n) is 4.73. The molecule has 3 nitrogen and oxygen atoms in total. The SMILES string of the molecule is NCCc1cccc(CN2CC3CCC2CN(Cc2ccccc2)C3)c1. The Labute approximate surface area is 157 Å². The molecule has 3 heteroatoms. The van der Waals surface area contributed by atoms with E-state index in [1.165, 1.54) is 49.2 Å². The van der Waals surface area contributed by atoms with Crippen LogP contribution in [0.15, 0.2) is 54.6 Å². The van der Waals surface area contributed by atoms with Crippen molar-refractivity contribution in [3.05, 3.63) is 71.3 Å². The first-order valence-corrected chi connectivity index (χ1v) is 10.1. The van der Waals surface area contributed by atoms with Crippen LogP contribution in [0.5, 0.6) is 0 Å². The van der Waals surface area contributed by atoms with Gasteiger partial charge in [-0.1, -0.05) is 54.6 Å². The molecule has 0 aromatic heterocycles. The molecule has 2 bridgehead atoms. The van der Waals surface area contributed by atoms with Gasteiger partial charge in [0, 0.05) is 38.8 Å². The summed E-state index contributed by atoms with van der Waals surface area (Å²) >= 11 is 0. The van der Waals surface area contributed by atoms with Crippen molar-refractivity contribution in [2.45, 2.75) is 38.4 Å². The summed E-state index contributed by atoms with van der Waals surface area (Å²) in [5, 5.41) is 0. The molecule has 3 fully saturated rings. The molecule has 3 saturated heterocycles. The monoisotopic (exact) mass is 349 g/mol. The summed E-state index contributed by atoms with van der Waals surface area (Å²) in [5.41, 5.74) is 9.98. The fourth-order valence-corrected chi connectivity index (χ4v) is 4.73. The fraction of sp³-hybridized carbons (Fsp3) is 0.478. The van der Waals surface area contributed by atoms with E-state index in [0.717, 1.165) is 32.0 Å². The van der Waals surface area contributed by atoms with Crippen LogP contribution in [0.1, 0.15) is 29.5 Å². The lowest BCUT2D eigenvalue weighted by atomic mass is 9.94. The van der Waals surface area contributed by atoms with Crippen molar-refractivity contribution in [2.75, 3.05) is 26.2 Å². The van der Waals surface area contributed by atoms with Crippen molar-refractivity contribution in [3.63, 3.8) is 0 Å². The van der Waals surface area contributed by atoms with Crippen molar-refractivity contribution in [3.8, 4) is 0 Å². The van der Waals surface area contributed by atoms with Crippen LogP contribution in [0.4, 0.5) is 0 Å². The molecule has 138 valence electrons. The minimum Gasteiger partial charge on any atom is -0.330 e. The van der Waals surface area contributed by atoms with Crippen LogP contribution in [-0.4, -0.2) is 42.0 Å². The molecule has 0 amide bonds. The summed E-state index contributed by atoms with van der Waals surface area (Å²) in [6, 6.07) is 20.6. The van der Waals surface area contributed by atoms with Crippen LogP contribution in [0.2, 0.25) is 0 Å². The molecule has 2 atom stereocenters. The Kier molecular flexibility index (Phi) is 5.68. The lowest BCUT2D eigenvalue weighted by Crippen LogP contribution is -2.43. The third-order valence-electron chi connectivity index (χ3n) is 5.96. The number of fused-ring (bicyclic) bond motifs is 4. The Balaban J connectivity index is 1.42. The van der Waals surface area contributed by atoms with E-state index in [1.54, 1.807) is 0 Å². The lowest BCUT2D eigenvalue weighted by Gasteiger charge is -2.36. The summed E-state index contributed by atoms with van der Waals surface area (Å²) in [7, 11) is 0. The van der Waals surface area contributed by atoms with Gasteiger partial charge in [-0.3, -0.25) is 9.80 Å². The van der Waals surface area contributed by atoms with Gasteiger partial charge in [0.2, 0.25) is 0 Å². The number of piperidine rings is 1. The minimum atomic E-state index is 0.690. The Morgan fingerprint density at radius 1 is 0.808 bits per heavy atom. The third kappa shape index (κ3) is 4.35. The summed E-state index contributed by atoms with van der Waals surface area (Å²) in [4.78, 5) is 5.42. The van der Waals surface area contributed by atoms with Crippen LogP contribution in [0.25, 0.3) is 0 Å². The second-order valence-corrected chi connectivity index (χ2v) is 8.06. The third-order valence-corrected chi connectivity index (χ3v) is 5.96. The molecular formula is C23H31N3. The summed E-state index contributed by atoms with van der Waals surface area (Å²) in [6.45, 7) is 6.60. The van der Waals surface area contributed by atoms with Crippen molar-refractivity contribution < 1.29 is 0 Å². The summed E-state index contributed by atoms with van der Waals surface area (Å²) in [6.07, 6.45) is 3.71. The second kappa shape index (κ2) is 8.34. The highest BCUT2D eigenvalue weighted by Gasteiger charge is 2.34. The zero-order chi connectivity index (χ0) is 17.8. The smallest absolute Gasteiger partial charge is 0.0237 e. The van der Waals surface area contributed by atoms with Crippen LogP contribution >= 0.6 is 0 Å². The number of nitrogens with two attached hydrogens (primary N) is 1. The molecule has 2 unspecified atom stereocenters. The molecule has 0 spiro atoms. The molecule has 3 aliphatic heterocycles. The molecule has 2 aromatic rings. The van der Waals surface area contributed by atoms with E-state index in [2.05, 4.69) is 64.4 Å². The number of nitrogens with zero attached hydrogens (tertiary/aromatic N) is 2. The lowest BCUT2D eigenvalue weighted by molar-refractivity contribution is 0.123. The molecule has 2 N–H and O–H groups in total. The molecule has 3 aliphatic rings. The predicted molar refractivity (Wildman–Crippen MR) is 108 cm³/mol. The van der Waals surface area contributed by atoms with E-state index >= 15 is 0 Å². The van der Waals surface area contributed by atoms with E-state index in [-0.39, 0.29) is 0 Å². The largest absolute Gasteiger partial charge is 0.330 e. The van der Waals surface area contributed by atoms with E-state index in [1.807, 2.05) is 0 Å². The normalized spacial score (nSPS) is 23.9. The number of benzene rings is 2. The average molecular weight is 350 g/mol. The first kappa shape index (κ1) is 17.7. The van der Waals surface area contributed by atoms with Gasteiger partial charge in [0.05, 0.1) is 0 Å². The molecule has 0 saturated carbocycles. The van der Waals surface area contributed by atoms with E-state index in [4.69, 9.17) is 5.73 Å². The Morgan fingerprint density at radius 3 is 2.46 bits per heavy atom. The number of hydrogen-bond donors (Lipinski definition) is 1.